The molecule has 0 aliphatic carbocycles. The lowest BCUT2D eigenvalue weighted by atomic mass is 10.1. The zero-order chi connectivity index (χ0) is 25.6. The molecule has 189 valence electrons. The third-order valence-corrected chi connectivity index (χ3v) is 6.12. The highest BCUT2D eigenvalue weighted by atomic mass is 79.9. The molecule has 0 aliphatic rings. The number of rotatable bonds is 10. The molecule has 35 heavy (non-hydrogen) atoms. The van der Waals surface area contributed by atoms with Crippen molar-refractivity contribution >= 4 is 44.8 Å². The van der Waals surface area contributed by atoms with Gasteiger partial charge in [0.1, 0.15) is 29.4 Å². The summed E-state index contributed by atoms with van der Waals surface area (Å²) in [6, 6.07) is 3.48. The number of carbonyl (C=O) groups excluding carboxylic acids is 1. The Labute approximate surface area is 218 Å². The van der Waals surface area contributed by atoms with Crippen LogP contribution in [-0.2, 0) is 16.0 Å². The molecule has 2 aromatic heterocycles. The molecule has 0 saturated heterocycles. The minimum Gasteiger partial charge on any atom is -0.493 e. The Morgan fingerprint density at radius 2 is 2.09 bits per heavy atom. The average Bonchev–Trinajstić information content (AvgIpc) is 3.19. The fraction of sp³-hybridized carbons (Fsp3) is 0.500. The van der Waals surface area contributed by atoms with Gasteiger partial charge in [0, 0.05) is 29.2 Å². The summed E-state index contributed by atoms with van der Waals surface area (Å²) < 4.78 is 19.7. The summed E-state index contributed by atoms with van der Waals surface area (Å²) in [4.78, 5) is 26.6. The van der Waals surface area contributed by atoms with E-state index in [1.807, 2.05) is 31.4 Å². The van der Waals surface area contributed by atoms with Crippen molar-refractivity contribution in [2.24, 2.45) is 0 Å². The maximum Gasteiger partial charge on any atom is 0.410 e. The van der Waals surface area contributed by atoms with E-state index in [1.54, 1.807) is 31.5 Å². The Hall–Kier alpha value is -2.43. The molecule has 0 saturated carbocycles. The van der Waals surface area contributed by atoms with Crippen LogP contribution in [0.2, 0.25) is 5.02 Å². The second kappa shape index (κ2) is 12.0. The number of likely N-dealkylation sites (N-methyl/N-ethyl adjacent to an activating group) is 1. The van der Waals surface area contributed by atoms with Gasteiger partial charge in [0.25, 0.3) is 0 Å². The molecule has 3 rings (SSSR count). The Morgan fingerprint density at radius 3 is 2.80 bits per heavy atom. The number of methoxy groups -OCH3 is 1. The van der Waals surface area contributed by atoms with E-state index in [0.717, 1.165) is 10.0 Å². The second-order valence-electron chi connectivity index (χ2n) is 9.09. The van der Waals surface area contributed by atoms with Gasteiger partial charge in [0.2, 0.25) is 0 Å². The molecule has 1 aromatic carbocycles. The molecular weight excluding hydrogens is 538 g/mol. The first-order valence-electron chi connectivity index (χ1n) is 11.2. The Morgan fingerprint density at radius 1 is 1.31 bits per heavy atom. The van der Waals surface area contributed by atoms with Gasteiger partial charge in [-0.3, -0.25) is 0 Å². The average molecular weight is 568 g/mol. The smallest absolute Gasteiger partial charge is 0.410 e. The molecule has 0 N–H and O–H groups in total. The van der Waals surface area contributed by atoms with E-state index in [4.69, 9.17) is 25.8 Å². The lowest BCUT2D eigenvalue weighted by molar-refractivity contribution is 0.0111. The van der Waals surface area contributed by atoms with Crippen LogP contribution in [0.5, 0.6) is 5.75 Å². The van der Waals surface area contributed by atoms with E-state index < -0.39 is 5.60 Å². The summed E-state index contributed by atoms with van der Waals surface area (Å²) >= 11 is 9.91. The van der Waals surface area contributed by atoms with Crippen LogP contribution in [0.1, 0.15) is 39.2 Å². The molecule has 0 spiro atoms. The molecule has 0 unspecified atom stereocenters. The molecule has 3 aromatic rings. The van der Waals surface area contributed by atoms with Crippen molar-refractivity contribution in [1.82, 2.24) is 24.4 Å². The maximum absolute atomic E-state index is 12.5. The fourth-order valence-corrected chi connectivity index (χ4v) is 4.38. The number of fused-ring (bicyclic) bond motifs is 1. The number of ether oxygens (including phenoxy) is 3. The predicted octanol–water partition coefficient (Wildman–Crippen LogP) is 5.13. The Bertz CT molecular complexity index is 1150. The summed E-state index contributed by atoms with van der Waals surface area (Å²) in [5, 5.41) is 0.559. The molecule has 11 heteroatoms. The van der Waals surface area contributed by atoms with Crippen LogP contribution in [0.4, 0.5) is 4.79 Å². The first-order valence-corrected chi connectivity index (χ1v) is 12.3. The van der Waals surface area contributed by atoms with Crippen molar-refractivity contribution in [3.8, 4) is 5.75 Å². The van der Waals surface area contributed by atoms with Gasteiger partial charge in [0.15, 0.2) is 5.65 Å². The minimum atomic E-state index is -0.562. The summed E-state index contributed by atoms with van der Waals surface area (Å²) in [5.41, 5.74) is 1.62. The number of benzene rings is 1. The van der Waals surface area contributed by atoms with Crippen LogP contribution in [0.15, 0.2) is 29.3 Å². The number of halogens is 2. The van der Waals surface area contributed by atoms with E-state index in [1.165, 1.54) is 6.33 Å². The summed E-state index contributed by atoms with van der Waals surface area (Å²) in [7, 11) is 3.34. The topological polar surface area (TPSA) is 91.6 Å². The maximum atomic E-state index is 12.5. The number of amides is 1. The van der Waals surface area contributed by atoms with Crippen molar-refractivity contribution in [3.05, 3.63) is 46.0 Å². The second-order valence-corrected chi connectivity index (χ2v) is 10.4. The van der Waals surface area contributed by atoms with Gasteiger partial charge in [-0.25, -0.2) is 19.7 Å². The molecule has 2 heterocycles. The van der Waals surface area contributed by atoms with E-state index in [2.05, 4.69) is 37.1 Å². The minimum absolute atomic E-state index is 0.141. The highest BCUT2D eigenvalue weighted by Crippen LogP contribution is 2.33. The fourth-order valence-electron chi connectivity index (χ4n) is 3.48. The Kier molecular flexibility index (Phi) is 9.32. The van der Waals surface area contributed by atoms with Crippen LogP contribution in [-0.4, -0.2) is 69.5 Å². The van der Waals surface area contributed by atoms with E-state index in [9.17, 15) is 4.79 Å². The number of imidazole rings is 1. The number of hydrogen-bond donors (Lipinski definition) is 0. The van der Waals surface area contributed by atoms with Crippen molar-refractivity contribution < 1.29 is 19.0 Å². The van der Waals surface area contributed by atoms with Crippen LogP contribution in [0.25, 0.3) is 11.2 Å². The molecule has 0 fully saturated rings. The summed E-state index contributed by atoms with van der Waals surface area (Å²) in [6.07, 6.45) is 6.97. The highest BCUT2D eigenvalue weighted by Gasteiger charge is 2.25. The number of carbonyl (C=O) groups is 1. The van der Waals surface area contributed by atoms with E-state index in [-0.39, 0.29) is 12.1 Å². The van der Waals surface area contributed by atoms with Gasteiger partial charge in [-0.2, -0.15) is 0 Å². The van der Waals surface area contributed by atoms with Gasteiger partial charge in [0.05, 0.1) is 32.1 Å². The first-order chi connectivity index (χ1) is 16.6. The predicted molar refractivity (Wildman–Crippen MR) is 137 cm³/mol. The van der Waals surface area contributed by atoms with E-state index in [0.29, 0.717) is 54.5 Å². The highest BCUT2D eigenvalue weighted by molar-refractivity contribution is 9.10. The van der Waals surface area contributed by atoms with Gasteiger partial charge >= 0.3 is 6.09 Å². The zero-order valence-electron chi connectivity index (χ0n) is 20.5. The van der Waals surface area contributed by atoms with Crippen LogP contribution in [0.3, 0.4) is 0 Å². The van der Waals surface area contributed by atoms with Gasteiger partial charge < -0.3 is 23.7 Å². The van der Waals surface area contributed by atoms with Crippen molar-refractivity contribution in [2.75, 3.05) is 27.4 Å². The van der Waals surface area contributed by atoms with Crippen LogP contribution >= 0.6 is 27.5 Å². The van der Waals surface area contributed by atoms with Crippen molar-refractivity contribution in [1.29, 1.82) is 0 Å². The number of aromatic nitrogens is 4. The third-order valence-electron chi connectivity index (χ3n) is 5.19. The third kappa shape index (κ3) is 7.52. The van der Waals surface area contributed by atoms with Gasteiger partial charge in [-0.05, 0) is 45.7 Å². The lowest BCUT2D eigenvalue weighted by Crippen LogP contribution is -2.43. The Balaban J connectivity index is 1.66. The van der Waals surface area contributed by atoms with Crippen LogP contribution in [0, 0.1) is 6.20 Å². The largest absolute Gasteiger partial charge is 0.493 e. The molecule has 0 aliphatic heterocycles. The quantitative estimate of drug-likeness (QED) is 0.314. The van der Waals surface area contributed by atoms with E-state index >= 15 is 0 Å². The summed E-state index contributed by atoms with van der Waals surface area (Å²) in [6.45, 7) is 6.84. The SMILES string of the molecule is COC[C@@H](CCCOc1cc(Cl)cc(Br)c1Cn1cnc2[c]ncnc21)N(C)C(=O)OC(C)(C)C. The van der Waals surface area contributed by atoms with Crippen molar-refractivity contribution in [2.45, 2.75) is 51.8 Å². The monoisotopic (exact) mass is 566 g/mol. The normalized spacial score (nSPS) is 12.5. The molecule has 1 atom stereocenters. The number of nitrogens with zero attached hydrogens (tertiary/aromatic N) is 5. The standard InChI is InChI=1S/C24H30BrClN5O4/c1-24(2,3)35-23(32)30(4)17(13-33-5)7-6-8-34-21-10-16(26)9-19(25)18(21)12-31-15-29-20-11-27-14-28-22(20)31/h9-10,14-15,17H,6-8,12-13H2,1-5H3/t17-/m1/s1. The molecule has 9 nitrogen and oxygen atoms in total. The van der Waals surface area contributed by atoms with Gasteiger partial charge in [-0.1, -0.05) is 27.5 Å². The lowest BCUT2D eigenvalue weighted by Gasteiger charge is -2.30. The number of hydrogen-bond acceptors (Lipinski definition) is 7. The first kappa shape index (κ1) is 27.2. The molecule has 1 amide bonds. The molecular formula is C24H30BrClN5O4. The van der Waals surface area contributed by atoms with Crippen molar-refractivity contribution in [3.63, 3.8) is 0 Å². The molecule has 1 radical (unpaired) electrons. The summed E-state index contributed by atoms with van der Waals surface area (Å²) in [5.74, 6) is 0.660. The molecule has 0 bridgehead atoms. The zero-order valence-corrected chi connectivity index (χ0v) is 22.9. The van der Waals surface area contributed by atoms with Gasteiger partial charge in [-0.15, -0.1) is 0 Å². The van der Waals surface area contributed by atoms with Crippen LogP contribution < -0.4 is 4.74 Å².